The van der Waals surface area contributed by atoms with Crippen molar-refractivity contribution in [1.29, 1.82) is 0 Å². The first kappa shape index (κ1) is 18.4. The third kappa shape index (κ3) is 4.50. The topological polar surface area (TPSA) is 69.0 Å². The van der Waals surface area contributed by atoms with Crippen LogP contribution in [-0.2, 0) is 11.3 Å². The molecular weight excluding hydrogens is 364 g/mol. The fourth-order valence-electron chi connectivity index (χ4n) is 2.98. The Balaban J connectivity index is 1.53. The molecule has 2 heterocycles. The second-order valence-corrected chi connectivity index (χ2v) is 6.38. The van der Waals surface area contributed by atoms with Gasteiger partial charge in [0.2, 0.25) is 6.10 Å². The van der Waals surface area contributed by atoms with Crippen molar-refractivity contribution in [2.24, 2.45) is 0 Å². The molecule has 0 aliphatic carbocycles. The molecule has 4 rings (SSSR count). The maximum Gasteiger partial charge on any atom is 0.266 e. The van der Waals surface area contributed by atoms with Gasteiger partial charge in [-0.15, -0.1) is 0 Å². The summed E-state index contributed by atoms with van der Waals surface area (Å²) in [5.41, 5.74) is 1.64. The molecule has 1 amide bonds. The third-order valence-corrected chi connectivity index (χ3v) is 4.38. The van der Waals surface area contributed by atoms with E-state index in [1.807, 2.05) is 85.1 Å². The van der Waals surface area contributed by atoms with Gasteiger partial charge in [-0.2, -0.15) is 5.10 Å². The highest BCUT2D eigenvalue weighted by Crippen LogP contribution is 2.22. The van der Waals surface area contributed by atoms with E-state index in [9.17, 15) is 4.79 Å². The molecule has 4 aromatic rings. The van der Waals surface area contributed by atoms with Crippen LogP contribution in [0.15, 0.2) is 97.5 Å². The van der Waals surface area contributed by atoms with E-state index in [-0.39, 0.29) is 5.91 Å². The Kier molecular flexibility index (Phi) is 5.62. The number of carbonyl (C=O) groups is 1. The smallest absolute Gasteiger partial charge is 0.266 e. The van der Waals surface area contributed by atoms with Gasteiger partial charge in [0.05, 0.1) is 0 Å². The standard InChI is InChI=1S/C23H20N4O2/c28-23(25-17-19-11-7-14-24-22(19)27-16-8-15-26-27)21(18-9-3-1-4-10-18)29-20-12-5-2-6-13-20/h1-16,21H,17H2,(H,25,28). The lowest BCUT2D eigenvalue weighted by Crippen LogP contribution is -2.32. The summed E-state index contributed by atoms with van der Waals surface area (Å²) < 4.78 is 7.69. The molecule has 6 heteroatoms. The Hall–Kier alpha value is -3.93. The van der Waals surface area contributed by atoms with E-state index in [1.54, 1.807) is 17.1 Å². The lowest BCUT2D eigenvalue weighted by Gasteiger charge is -2.19. The molecule has 29 heavy (non-hydrogen) atoms. The maximum absolute atomic E-state index is 13.0. The molecule has 0 radical (unpaired) electrons. The number of carbonyl (C=O) groups excluding carboxylic acids is 1. The van der Waals surface area contributed by atoms with Crippen LogP contribution in [0.5, 0.6) is 5.75 Å². The van der Waals surface area contributed by atoms with Crippen LogP contribution >= 0.6 is 0 Å². The number of nitrogens with one attached hydrogen (secondary N) is 1. The van der Waals surface area contributed by atoms with Gasteiger partial charge in [0.25, 0.3) is 5.91 Å². The zero-order chi connectivity index (χ0) is 19.9. The summed E-state index contributed by atoms with van der Waals surface area (Å²) in [6.07, 6.45) is 4.45. The van der Waals surface area contributed by atoms with Crippen LogP contribution in [0.25, 0.3) is 5.82 Å². The van der Waals surface area contributed by atoms with Crippen LogP contribution in [0.3, 0.4) is 0 Å². The highest BCUT2D eigenvalue weighted by molar-refractivity contribution is 5.82. The number of hydrogen-bond donors (Lipinski definition) is 1. The molecule has 2 aromatic heterocycles. The van der Waals surface area contributed by atoms with Gasteiger partial charge < -0.3 is 10.1 Å². The second-order valence-electron chi connectivity index (χ2n) is 6.38. The van der Waals surface area contributed by atoms with Gasteiger partial charge in [0.15, 0.2) is 5.82 Å². The van der Waals surface area contributed by atoms with Gasteiger partial charge in [-0.05, 0) is 24.3 Å². The predicted octanol–water partition coefficient (Wildman–Crippen LogP) is 3.70. The zero-order valence-corrected chi connectivity index (χ0v) is 15.7. The molecule has 1 atom stereocenters. The van der Waals surface area contributed by atoms with Gasteiger partial charge in [-0.1, -0.05) is 54.6 Å². The summed E-state index contributed by atoms with van der Waals surface area (Å²) in [5, 5.41) is 7.20. The summed E-state index contributed by atoms with van der Waals surface area (Å²) in [4.78, 5) is 17.4. The Morgan fingerprint density at radius 3 is 2.41 bits per heavy atom. The van der Waals surface area contributed by atoms with Gasteiger partial charge in [-0.25, -0.2) is 9.67 Å². The average molecular weight is 384 g/mol. The van der Waals surface area contributed by atoms with Crippen LogP contribution in [0.2, 0.25) is 0 Å². The highest BCUT2D eigenvalue weighted by atomic mass is 16.5. The van der Waals surface area contributed by atoms with E-state index in [0.717, 1.165) is 11.1 Å². The number of hydrogen-bond acceptors (Lipinski definition) is 4. The van der Waals surface area contributed by atoms with Crippen molar-refractivity contribution in [3.05, 3.63) is 109 Å². The van der Waals surface area contributed by atoms with E-state index in [4.69, 9.17) is 4.74 Å². The van der Waals surface area contributed by atoms with E-state index < -0.39 is 6.10 Å². The van der Waals surface area contributed by atoms with Gasteiger partial charge >= 0.3 is 0 Å². The fraction of sp³-hybridized carbons (Fsp3) is 0.0870. The van der Waals surface area contributed by atoms with Crippen molar-refractivity contribution in [3.63, 3.8) is 0 Å². The quantitative estimate of drug-likeness (QED) is 0.527. The molecule has 0 spiro atoms. The van der Waals surface area contributed by atoms with Gasteiger partial charge in [-0.3, -0.25) is 4.79 Å². The number of pyridine rings is 1. The maximum atomic E-state index is 13.0. The molecule has 1 N–H and O–H groups in total. The largest absolute Gasteiger partial charge is 0.476 e. The van der Waals surface area contributed by atoms with Crippen LogP contribution < -0.4 is 10.1 Å². The number of benzene rings is 2. The number of rotatable bonds is 7. The summed E-state index contributed by atoms with van der Waals surface area (Å²) in [7, 11) is 0. The summed E-state index contributed by atoms with van der Waals surface area (Å²) in [6.45, 7) is 0.309. The van der Waals surface area contributed by atoms with Crippen molar-refractivity contribution < 1.29 is 9.53 Å². The molecule has 1 unspecified atom stereocenters. The first-order valence-corrected chi connectivity index (χ1v) is 9.29. The van der Waals surface area contributed by atoms with Crippen LogP contribution in [0.4, 0.5) is 0 Å². The highest BCUT2D eigenvalue weighted by Gasteiger charge is 2.23. The first-order chi connectivity index (χ1) is 14.3. The molecule has 0 aliphatic heterocycles. The normalized spacial score (nSPS) is 11.6. The van der Waals surface area contributed by atoms with Gasteiger partial charge in [0.1, 0.15) is 5.75 Å². The summed E-state index contributed by atoms with van der Waals surface area (Å²) in [6, 6.07) is 24.4. The molecule has 144 valence electrons. The fourth-order valence-corrected chi connectivity index (χ4v) is 2.98. The molecule has 0 aliphatic rings. The van der Waals surface area contributed by atoms with Gasteiger partial charge in [0, 0.05) is 36.3 Å². The monoisotopic (exact) mass is 384 g/mol. The molecule has 2 aromatic carbocycles. The van der Waals surface area contributed by atoms with E-state index in [0.29, 0.717) is 18.1 Å². The minimum atomic E-state index is -0.761. The number of ether oxygens (including phenoxy) is 1. The van der Waals surface area contributed by atoms with Crippen LogP contribution in [0, 0.1) is 0 Å². The van der Waals surface area contributed by atoms with Crippen molar-refractivity contribution in [2.45, 2.75) is 12.6 Å². The molecule has 0 saturated carbocycles. The van der Waals surface area contributed by atoms with Crippen LogP contribution in [0.1, 0.15) is 17.2 Å². The second kappa shape index (κ2) is 8.84. The van der Waals surface area contributed by atoms with Crippen molar-refractivity contribution in [1.82, 2.24) is 20.1 Å². The van der Waals surface area contributed by atoms with Crippen molar-refractivity contribution in [3.8, 4) is 11.6 Å². The third-order valence-electron chi connectivity index (χ3n) is 4.38. The molecule has 0 saturated heterocycles. The van der Waals surface area contributed by atoms with Crippen molar-refractivity contribution in [2.75, 3.05) is 0 Å². The average Bonchev–Trinajstić information content (AvgIpc) is 3.32. The predicted molar refractivity (Wildman–Crippen MR) is 109 cm³/mol. The van der Waals surface area contributed by atoms with Crippen LogP contribution in [-0.4, -0.2) is 20.7 Å². The summed E-state index contributed by atoms with van der Waals surface area (Å²) in [5.74, 6) is 1.09. The SMILES string of the molecule is O=C(NCc1cccnc1-n1cccn1)C(Oc1ccccc1)c1ccccc1. The Morgan fingerprint density at radius 2 is 1.69 bits per heavy atom. The summed E-state index contributed by atoms with van der Waals surface area (Å²) >= 11 is 0. The Labute approximate surface area is 168 Å². The molecular formula is C23H20N4O2. The lowest BCUT2D eigenvalue weighted by atomic mass is 10.1. The van der Waals surface area contributed by atoms with E-state index in [1.165, 1.54) is 0 Å². The minimum absolute atomic E-state index is 0.227. The Bertz CT molecular complexity index is 1050. The minimum Gasteiger partial charge on any atom is -0.476 e. The Morgan fingerprint density at radius 1 is 0.931 bits per heavy atom. The molecule has 0 fully saturated rings. The van der Waals surface area contributed by atoms with Crippen molar-refractivity contribution >= 4 is 5.91 Å². The molecule has 6 nitrogen and oxygen atoms in total. The number of para-hydroxylation sites is 1. The van der Waals surface area contributed by atoms with E-state index >= 15 is 0 Å². The molecule has 0 bridgehead atoms. The number of nitrogens with zero attached hydrogens (tertiary/aromatic N) is 3. The number of aromatic nitrogens is 3. The first-order valence-electron chi connectivity index (χ1n) is 9.29. The zero-order valence-electron chi connectivity index (χ0n) is 15.7. The number of amides is 1. The van der Waals surface area contributed by atoms with E-state index in [2.05, 4.69) is 15.4 Å². The lowest BCUT2D eigenvalue weighted by molar-refractivity contribution is -0.128.